The lowest BCUT2D eigenvalue weighted by atomic mass is 10.2. The molecular weight excluding hydrogens is 128 g/mol. The fourth-order valence-electron chi connectivity index (χ4n) is 0.625. The third-order valence-electron chi connectivity index (χ3n) is 1.18. The van der Waals surface area contributed by atoms with E-state index in [9.17, 15) is 4.79 Å². The van der Waals surface area contributed by atoms with E-state index >= 15 is 0 Å². The molecule has 0 atom stereocenters. The quantitative estimate of drug-likeness (QED) is 0.528. The molecule has 1 amide bonds. The number of hydrogen-bond donors (Lipinski definition) is 0. The highest BCUT2D eigenvalue weighted by molar-refractivity contribution is 5.77. The Labute approximate surface area is 61.2 Å². The van der Waals surface area contributed by atoms with E-state index in [1.54, 1.807) is 7.05 Å². The Morgan fingerprint density at radius 3 is 2.50 bits per heavy atom. The van der Waals surface area contributed by atoms with Crippen molar-refractivity contribution in [2.24, 2.45) is 5.92 Å². The molecule has 0 saturated heterocycles. The third kappa shape index (κ3) is 2.49. The van der Waals surface area contributed by atoms with Gasteiger partial charge in [0.15, 0.2) is 0 Å². The number of nitriles is 1. The lowest BCUT2D eigenvalue weighted by Crippen LogP contribution is -2.30. The van der Waals surface area contributed by atoms with Gasteiger partial charge < -0.3 is 4.90 Å². The first kappa shape index (κ1) is 8.96. The predicted octanol–water partition coefficient (Wildman–Crippen LogP) is 0.624. The highest BCUT2D eigenvalue weighted by Gasteiger charge is 2.11. The first-order valence-corrected chi connectivity index (χ1v) is 3.21. The van der Waals surface area contributed by atoms with E-state index in [0.29, 0.717) is 0 Å². The zero-order valence-corrected chi connectivity index (χ0v) is 6.59. The Balaban J connectivity index is 3.85. The lowest BCUT2D eigenvalue weighted by molar-refractivity contribution is -0.132. The Hall–Kier alpha value is -1.04. The van der Waals surface area contributed by atoms with Crippen molar-refractivity contribution in [3.8, 4) is 6.07 Å². The normalized spacial score (nSPS) is 9.10. The highest BCUT2D eigenvalue weighted by atomic mass is 16.2. The minimum absolute atomic E-state index is 0.0153. The highest BCUT2D eigenvalue weighted by Crippen LogP contribution is 1.96. The molecule has 3 nitrogen and oxygen atoms in total. The Morgan fingerprint density at radius 1 is 1.70 bits per heavy atom. The van der Waals surface area contributed by atoms with Crippen molar-refractivity contribution in [1.82, 2.24) is 4.90 Å². The topological polar surface area (TPSA) is 44.1 Å². The van der Waals surface area contributed by atoms with Gasteiger partial charge in [-0.05, 0) is 0 Å². The van der Waals surface area contributed by atoms with E-state index in [-0.39, 0.29) is 18.4 Å². The van der Waals surface area contributed by atoms with Gasteiger partial charge in [0.05, 0.1) is 6.07 Å². The maximum Gasteiger partial charge on any atom is 0.225 e. The van der Waals surface area contributed by atoms with Crippen LogP contribution in [-0.4, -0.2) is 24.4 Å². The first-order valence-electron chi connectivity index (χ1n) is 3.21. The summed E-state index contributed by atoms with van der Waals surface area (Å²) < 4.78 is 0. The fraction of sp³-hybridized carbons (Fsp3) is 0.714. The van der Waals surface area contributed by atoms with Gasteiger partial charge in [-0.25, -0.2) is 0 Å². The van der Waals surface area contributed by atoms with E-state index in [1.807, 2.05) is 19.9 Å². The van der Waals surface area contributed by atoms with E-state index < -0.39 is 0 Å². The van der Waals surface area contributed by atoms with Crippen LogP contribution >= 0.6 is 0 Å². The van der Waals surface area contributed by atoms with Crippen LogP contribution < -0.4 is 0 Å². The molecule has 0 fully saturated rings. The van der Waals surface area contributed by atoms with Gasteiger partial charge in [0, 0.05) is 13.0 Å². The smallest absolute Gasteiger partial charge is 0.225 e. The van der Waals surface area contributed by atoms with Crippen molar-refractivity contribution in [2.75, 3.05) is 13.6 Å². The third-order valence-corrected chi connectivity index (χ3v) is 1.18. The SMILES string of the molecule is CC(C)C(=O)N(C)CC#N. The summed E-state index contributed by atoms with van der Waals surface area (Å²) in [6, 6.07) is 1.91. The average molecular weight is 140 g/mol. The summed E-state index contributed by atoms with van der Waals surface area (Å²) in [6.07, 6.45) is 0. The Bertz CT molecular complexity index is 157. The van der Waals surface area contributed by atoms with E-state index in [4.69, 9.17) is 5.26 Å². The van der Waals surface area contributed by atoms with Gasteiger partial charge in [0.25, 0.3) is 0 Å². The van der Waals surface area contributed by atoms with E-state index in [0.717, 1.165) is 0 Å². The molecule has 0 rings (SSSR count). The van der Waals surface area contributed by atoms with Gasteiger partial charge >= 0.3 is 0 Å². The monoisotopic (exact) mass is 140 g/mol. The molecule has 0 bridgehead atoms. The number of carbonyl (C=O) groups is 1. The van der Waals surface area contributed by atoms with Crippen LogP contribution in [0.3, 0.4) is 0 Å². The molecule has 3 heteroatoms. The maximum absolute atomic E-state index is 11.0. The molecule has 0 saturated carbocycles. The molecule has 0 unspecified atom stereocenters. The molecule has 10 heavy (non-hydrogen) atoms. The number of carbonyl (C=O) groups excluding carboxylic acids is 1. The van der Waals surface area contributed by atoms with Crippen LogP contribution in [0.4, 0.5) is 0 Å². The van der Waals surface area contributed by atoms with Crippen LogP contribution in [-0.2, 0) is 4.79 Å². The van der Waals surface area contributed by atoms with Crippen LogP contribution in [0, 0.1) is 17.2 Å². The van der Waals surface area contributed by atoms with Gasteiger partial charge in [0.2, 0.25) is 5.91 Å². The lowest BCUT2D eigenvalue weighted by Gasteiger charge is -2.14. The number of hydrogen-bond acceptors (Lipinski definition) is 2. The molecule has 0 aliphatic heterocycles. The zero-order valence-electron chi connectivity index (χ0n) is 6.59. The predicted molar refractivity (Wildman–Crippen MR) is 38.1 cm³/mol. The van der Waals surface area contributed by atoms with Crippen LogP contribution in [0.2, 0.25) is 0 Å². The largest absolute Gasteiger partial charge is 0.332 e. The zero-order chi connectivity index (χ0) is 8.15. The van der Waals surface area contributed by atoms with Crippen LogP contribution in [0.5, 0.6) is 0 Å². The second-order valence-corrected chi connectivity index (χ2v) is 2.51. The molecule has 0 aliphatic rings. The average Bonchev–Trinajstić information content (AvgIpc) is 1.87. The summed E-state index contributed by atoms with van der Waals surface area (Å²) in [7, 11) is 1.63. The molecule has 0 aromatic rings. The van der Waals surface area contributed by atoms with Crippen molar-refractivity contribution in [2.45, 2.75) is 13.8 Å². The van der Waals surface area contributed by atoms with E-state index in [1.165, 1.54) is 4.90 Å². The van der Waals surface area contributed by atoms with Crippen molar-refractivity contribution in [3.05, 3.63) is 0 Å². The Morgan fingerprint density at radius 2 is 2.20 bits per heavy atom. The number of rotatable bonds is 2. The molecule has 0 spiro atoms. The van der Waals surface area contributed by atoms with Gasteiger partial charge in [-0.3, -0.25) is 4.79 Å². The summed E-state index contributed by atoms with van der Waals surface area (Å²) in [5.74, 6) is -0.0000926. The van der Waals surface area contributed by atoms with E-state index in [2.05, 4.69) is 0 Å². The maximum atomic E-state index is 11.0. The molecule has 0 heterocycles. The van der Waals surface area contributed by atoms with Crippen molar-refractivity contribution in [1.29, 1.82) is 5.26 Å². The molecular formula is C7H12N2O. The van der Waals surface area contributed by atoms with Gasteiger partial charge in [-0.2, -0.15) is 5.26 Å². The van der Waals surface area contributed by atoms with Gasteiger partial charge in [-0.15, -0.1) is 0 Å². The van der Waals surface area contributed by atoms with Crippen molar-refractivity contribution >= 4 is 5.91 Å². The molecule has 0 aromatic carbocycles. The van der Waals surface area contributed by atoms with Crippen LogP contribution in [0.1, 0.15) is 13.8 Å². The summed E-state index contributed by atoms with van der Waals surface area (Å²) in [5.41, 5.74) is 0. The number of nitrogens with zero attached hydrogens (tertiary/aromatic N) is 2. The van der Waals surface area contributed by atoms with Crippen molar-refractivity contribution < 1.29 is 4.79 Å². The molecule has 0 N–H and O–H groups in total. The Kier molecular flexibility index (Phi) is 3.48. The minimum Gasteiger partial charge on any atom is -0.332 e. The van der Waals surface area contributed by atoms with Crippen LogP contribution in [0.25, 0.3) is 0 Å². The summed E-state index contributed by atoms with van der Waals surface area (Å²) >= 11 is 0. The van der Waals surface area contributed by atoms with Crippen LogP contribution in [0.15, 0.2) is 0 Å². The molecule has 0 aliphatic carbocycles. The van der Waals surface area contributed by atoms with Gasteiger partial charge in [-0.1, -0.05) is 13.8 Å². The second kappa shape index (κ2) is 3.89. The second-order valence-electron chi connectivity index (χ2n) is 2.51. The summed E-state index contributed by atoms with van der Waals surface area (Å²) in [6.45, 7) is 3.81. The van der Waals surface area contributed by atoms with Gasteiger partial charge in [0.1, 0.15) is 6.54 Å². The fourth-order valence-corrected chi connectivity index (χ4v) is 0.625. The van der Waals surface area contributed by atoms with Crippen molar-refractivity contribution in [3.63, 3.8) is 0 Å². The summed E-state index contributed by atoms with van der Waals surface area (Å²) in [5, 5.41) is 8.22. The standard InChI is InChI=1S/C7H12N2O/c1-6(2)7(10)9(3)5-4-8/h6H,5H2,1-3H3. The molecule has 0 radical (unpaired) electrons. The minimum atomic E-state index is -0.0154. The summed E-state index contributed by atoms with van der Waals surface area (Å²) in [4.78, 5) is 12.4. The first-order chi connectivity index (χ1) is 4.59. The number of amides is 1. The molecule has 0 aromatic heterocycles. The molecule has 56 valence electrons.